The largest absolute Gasteiger partial charge is 0.366 e. The zero-order valence-corrected chi connectivity index (χ0v) is 16.4. The lowest BCUT2D eigenvalue weighted by Crippen LogP contribution is -2.41. The number of amides is 2. The maximum absolute atomic E-state index is 13.3. The number of hydrogen-bond donors (Lipinski definition) is 0. The molecule has 4 rings (SSSR count). The average molecular weight is 382 g/mol. The molecule has 2 unspecified atom stereocenters. The number of pyridine rings is 1. The smallest absolute Gasteiger partial charge is 0.278 e. The van der Waals surface area contributed by atoms with Gasteiger partial charge in [-0.2, -0.15) is 0 Å². The summed E-state index contributed by atoms with van der Waals surface area (Å²) in [5.41, 5.74) is 1.98. The summed E-state index contributed by atoms with van der Waals surface area (Å²) in [5, 5.41) is 1.95. The standard InChI is InChI=1S/C21H23N3O2S/c1-14-9-15(2)12-23(11-14)19-18(17-6-4-8-27-17)20(25)24(21(19)26)13-16-5-3-7-22-10-16/h3-8,10,14-15H,9,11-13H2,1-2H3. The maximum Gasteiger partial charge on any atom is 0.278 e. The zero-order chi connectivity index (χ0) is 19.0. The van der Waals surface area contributed by atoms with Gasteiger partial charge in [0.15, 0.2) is 0 Å². The van der Waals surface area contributed by atoms with Crippen LogP contribution < -0.4 is 0 Å². The summed E-state index contributed by atoms with van der Waals surface area (Å²) in [7, 11) is 0. The number of hydrogen-bond acceptors (Lipinski definition) is 5. The van der Waals surface area contributed by atoms with Crippen molar-refractivity contribution >= 4 is 28.7 Å². The van der Waals surface area contributed by atoms with Gasteiger partial charge >= 0.3 is 0 Å². The number of carbonyl (C=O) groups excluding carboxylic acids is 2. The van der Waals surface area contributed by atoms with Gasteiger partial charge in [0.2, 0.25) is 0 Å². The summed E-state index contributed by atoms with van der Waals surface area (Å²) in [5.74, 6) is 0.614. The van der Waals surface area contributed by atoms with Crippen molar-refractivity contribution in [2.45, 2.75) is 26.8 Å². The zero-order valence-electron chi connectivity index (χ0n) is 15.6. The fourth-order valence-corrected chi connectivity index (χ4v) is 4.93. The molecule has 6 heteroatoms. The molecule has 0 aliphatic carbocycles. The van der Waals surface area contributed by atoms with Crippen LogP contribution in [0.25, 0.3) is 5.57 Å². The van der Waals surface area contributed by atoms with Crippen molar-refractivity contribution in [3.8, 4) is 0 Å². The molecule has 0 spiro atoms. The third-order valence-electron chi connectivity index (χ3n) is 5.16. The van der Waals surface area contributed by atoms with Gasteiger partial charge in [0.1, 0.15) is 5.70 Å². The average Bonchev–Trinajstić information content (AvgIpc) is 3.24. The molecule has 2 amide bonds. The Morgan fingerprint density at radius 2 is 1.89 bits per heavy atom. The highest BCUT2D eigenvalue weighted by Crippen LogP contribution is 2.37. The van der Waals surface area contributed by atoms with E-state index in [-0.39, 0.29) is 18.4 Å². The summed E-state index contributed by atoms with van der Waals surface area (Å²) in [6, 6.07) is 7.56. The Bertz CT molecular complexity index is 866. The van der Waals surface area contributed by atoms with Gasteiger partial charge in [0.05, 0.1) is 12.1 Å². The Kier molecular flexibility index (Phi) is 4.83. The van der Waals surface area contributed by atoms with Gasteiger partial charge < -0.3 is 4.90 Å². The Morgan fingerprint density at radius 3 is 2.52 bits per heavy atom. The highest BCUT2D eigenvalue weighted by molar-refractivity contribution is 7.11. The second-order valence-corrected chi connectivity index (χ2v) is 8.56. The van der Waals surface area contributed by atoms with Crippen LogP contribution in [0, 0.1) is 11.8 Å². The first-order valence-corrected chi connectivity index (χ1v) is 10.2. The monoisotopic (exact) mass is 381 g/mol. The Morgan fingerprint density at radius 1 is 1.11 bits per heavy atom. The fraction of sp³-hybridized carbons (Fsp3) is 0.381. The number of carbonyl (C=O) groups is 2. The van der Waals surface area contributed by atoms with Crippen LogP contribution in [0.1, 0.15) is 30.7 Å². The van der Waals surface area contributed by atoms with Crippen LogP contribution in [-0.2, 0) is 16.1 Å². The lowest BCUT2D eigenvalue weighted by molar-refractivity contribution is -0.138. The van der Waals surface area contributed by atoms with E-state index >= 15 is 0 Å². The molecule has 0 saturated carbocycles. The molecule has 2 atom stereocenters. The maximum atomic E-state index is 13.3. The van der Waals surface area contributed by atoms with Crippen LogP contribution in [0.4, 0.5) is 0 Å². The third-order valence-corrected chi connectivity index (χ3v) is 6.05. The first-order chi connectivity index (χ1) is 13.0. The fourth-order valence-electron chi connectivity index (χ4n) is 4.16. The summed E-state index contributed by atoms with van der Waals surface area (Å²) in [4.78, 5) is 35.0. The molecule has 0 N–H and O–H groups in total. The van der Waals surface area contributed by atoms with Gasteiger partial charge in [-0.1, -0.05) is 26.0 Å². The van der Waals surface area contributed by atoms with E-state index in [2.05, 4.69) is 23.7 Å². The Labute approximate surface area is 163 Å². The van der Waals surface area contributed by atoms with E-state index in [0.717, 1.165) is 30.0 Å². The van der Waals surface area contributed by atoms with Crippen molar-refractivity contribution in [1.82, 2.24) is 14.8 Å². The molecule has 2 aromatic rings. The minimum Gasteiger partial charge on any atom is -0.366 e. The van der Waals surface area contributed by atoms with Crippen LogP contribution in [0.2, 0.25) is 0 Å². The molecule has 1 fully saturated rings. The molecule has 0 bridgehead atoms. The summed E-state index contributed by atoms with van der Waals surface area (Å²) in [6.45, 7) is 6.30. The minimum absolute atomic E-state index is 0.187. The number of likely N-dealkylation sites (tertiary alicyclic amines) is 1. The third kappa shape index (κ3) is 3.41. The van der Waals surface area contributed by atoms with E-state index < -0.39 is 0 Å². The highest BCUT2D eigenvalue weighted by Gasteiger charge is 2.43. The van der Waals surface area contributed by atoms with Crippen molar-refractivity contribution < 1.29 is 9.59 Å². The molecule has 0 radical (unpaired) electrons. The lowest BCUT2D eigenvalue weighted by atomic mass is 9.91. The van der Waals surface area contributed by atoms with E-state index in [1.165, 1.54) is 16.2 Å². The van der Waals surface area contributed by atoms with Crippen LogP contribution in [0.3, 0.4) is 0 Å². The number of thiophene rings is 1. The number of nitrogens with zero attached hydrogens (tertiary/aromatic N) is 3. The molecule has 4 heterocycles. The van der Waals surface area contributed by atoms with Crippen LogP contribution in [-0.4, -0.2) is 39.7 Å². The Balaban J connectivity index is 1.72. The normalized spacial score (nSPS) is 23.5. The van der Waals surface area contributed by atoms with Gasteiger partial charge in [-0.15, -0.1) is 11.3 Å². The Hall–Kier alpha value is -2.47. The molecular weight excluding hydrogens is 358 g/mol. The van der Waals surface area contributed by atoms with E-state index in [1.54, 1.807) is 12.4 Å². The molecule has 140 valence electrons. The van der Waals surface area contributed by atoms with Crippen molar-refractivity contribution in [2.75, 3.05) is 13.1 Å². The predicted octanol–water partition coefficient (Wildman–Crippen LogP) is 3.40. The molecule has 1 saturated heterocycles. The molecule has 27 heavy (non-hydrogen) atoms. The topological polar surface area (TPSA) is 53.5 Å². The van der Waals surface area contributed by atoms with E-state index in [0.29, 0.717) is 23.1 Å². The van der Waals surface area contributed by atoms with Crippen LogP contribution >= 0.6 is 11.3 Å². The number of aromatic nitrogens is 1. The van der Waals surface area contributed by atoms with Crippen LogP contribution in [0.5, 0.6) is 0 Å². The van der Waals surface area contributed by atoms with Gasteiger partial charge in [-0.3, -0.25) is 19.5 Å². The SMILES string of the molecule is CC1CC(C)CN(C2=C(c3cccs3)C(=O)N(Cc3cccnc3)C2=O)C1. The first kappa shape index (κ1) is 17.9. The summed E-state index contributed by atoms with van der Waals surface area (Å²) < 4.78 is 0. The first-order valence-electron chi connectivity index (χ1n) is 9.32. The molecule has 0 aromatic carbocycles. The molecular formula is C21H23N3O2S. The van der Waals surface area contributed by atoms with Gasteiger partial charge in [-0.05, 0) is 41.3 Å². The number of imide groups is 1. The second-order valence-electron chi connectivity index (χ2n) is 7.61. The quantitative estimate of drug-likeness (QED) is 0.762. The van der Waals surface area contributed by atoms with Crippen LogP contribution in [0.15, 0.2) is 47.7 Å². The minimum atomic E-state index is -0.202. The van der Waals surface area contributed by atoms with Gasteiger partial charge in [0.25, 0.3) is 11.8 Å². The van der Waals surface area contributed by atoms with E-state index in [9.17, 15) is 9.59 Å². The molecule has 2 aromatic heterocycles. The predicted molar refractivity (Wildman–Crippen MR) is 106 cm³/mol. The molecule has 2 aliphatic rings. The van der Waals surface area contributed by atoms with E-state index in [4.69, 9.17) is 0 Å². The van der Waals surface area contributed by atoms with Crippen molar-refractivity contribution in [1.29, 1.82) is 0 Å². The van der Waals surface area contributed by atoms with Crippen molar-refractivity contribution in [3.05, 3.63) is 58.2 Å². The number of piperidine rings is 1. The summed E-state index contributed by atoms with van der Waals surface area (Å²) >= 11 is 1.51. The molecule has 2 aliphatic heterocycles. The molecule has 5 nitrogen and oxygen atoms in total. The van der Waals surface area contributed by atoms with Crippen molar-refractivity contribution in [3.63, 3.8) is 0 Å². The lowest BCUT2D eigenvalue weighted by Gasteiger charge is -2.37. The van der Waals surface area contributed by atoms with Crippen molar-refractivity contribution in [2.24, 2.45) is 11.8 Å². The highest BCUT2D eigenvalue weighted by atomic mass is 32.1. The number of rotatable bonds is 4. The van der Waals surface area contributed by atoms with E-state index in [1.807, 2.05) is 29.6 Å². The summed E-state index contributed by atoms with van der Waals surface area (Å²) in [6.07, 6.45) is 4.54. The van der Waals surface area contributed by atoms with Gasteiger partial charge in [0, 0.05) is 30.4 Å². The second kappa shape index (κ2) is 7.27. The van der Waals surface area contributed by atoms with Gasteiger partial charge in [-0.25, -0.2) is 0 Å².